The Bertz CT molecular complexity index is 1230. The van der Waals surface area contributed by atoms with Gasteiger partial charge in [-0.15, -0.1) is 0 Å². The number of benzene rings is 2. The maximum Gasteiger partial charge on any atom is 0.307 e. The van der Waals surface area contributed by atoms with E-state index in [0.717, 1.165) is 50.2 Å². The van der Waals surface area contributed by atoms with Crippen molar-refractivity contribution in [1.82, 2.24) is 4.98 Å². The van der Waals surface area contributed by atoms with Gasteiger partial charge in [-0.05, 0) is 48.6 Å². The SMILES string of the molecule is COc1cc(F)nc2c1-c1c(C)c(-c3ccc(C)cc3)c(CC(=O)O)c(C)c1N(SC)C2. The van der Waals surface area contributed by atoms with E-state index in [9.17, 15) is 14.3 Å². The van der Waals surface area contributed by atoms with Crippen molar-refractivity contribution in [3.8, 4) is 28.0 Å². The molecule has 32 heavy (non-hydrogen) atoms. The third kappa shape index (κ3) is 3.60. The Labute approximate surface area is 191 Å². The lowest BCUT2D eigenvalue weighted by Gasteiger charge is -2.35. The van der Waals surface area contributed by atoms with E-state index < -0.39 is 11.9 Å². The lowest BCUT2D eigenvalue weighted by Crippen LogP contribution is -2.24. The van der Waals surface area contributed by atoms with Crippen LogP contribution in [0.3, 0.4) is 0 Å². The zero-order valence-corrected chi connectivity index (χ0v) is 19.6. The molecule has 0 unspecified atom stereocenters. The van der Waals surface area contributed by atoms with E-state index in [0.29, 0.717) is 18.0 Å². The minimum absolute atomic E-state index is 0.0863. The van der Waals surface area contributed by atoms with E-state index in [2.05, 4.69) is 9.29 Å². The van der Waals surface area contributed by atoms with Gasteiger partial charge in [0.1, 0.15) is 5.75 Å². The van der Waals surface area contributed by atoms with Crippen molar-refractivity contribution in [3.05, 3.63) is 64.2 Å². The summed E-state index contributed by atoms with van der Waals surface area (Å²) in [5, 5.41) is 9.70. The summed E-state index contributed by atoms with van der Waals surface area (Å²) in [6.45, 7) is 6.37. The monoisotopic (exact) mass is 452 g/mol. The van der Waals surface area contributed by atoms with Gasteiger partial charge >= 0.3 is 5.97 Å². The minimum Gasteiger partial charge on any atom is -0.496 e. The molecule has 4 rings (SSSR count). The van der Waals surface area contributed by atoms with Crippen LogP contribution in [0.4, 0.5) is 10.1 Å². The molecule has 1 aliphatic heterocycles. The van der Waals surface area contributed by atoms with Crippen LogP contribution in [-0.2, 0) is 17.8 Å². The molecule has 0 atom stereocenters. The first kappa shape index (κ1) is 22.1. The van der Waals surface area contributed by atoms with Crippen molar-refractivity contribution in [2.24, 2.45) is 0 Å². The predicted octanol–water partition coefficient (Wildman–Crippen LogP) is 5.71. The maximum atomic E-state index is 14.2. The van der Waals surface area contributed by atoms with Crippen LogP contribution in [0, 0.1) is 26.7 Å². The van der Waals surface area contributed by atoms with Crippen LogP contribution in [0.2, 0.25) is 0 Å². The number of hydrogen-bond acceptors (Lipinski definition) is 5. The molecular formula is C25H25FN2O3S. The molecule has 0 saturated heterocycles. The number of methoxy groups -OCH3 is 1. The molecule has 2 aromatic carbocycles. The molecule has 0 saturated carbocycles. The number of anilines is 1. The Hall–Kier alpha value is -3.06. The number of aliphatic carboxylic acids is 1. The zero-order chi connectivity index (χ0) is 23.2. The summed E-state index contributed by atoms with van der Waals surface area (Å²) >= 11 is 1.51. The van der Waals surface area contributed by atoms with Crippen molar-refractivity contribution in [1.29, 1.82) is 0 Å². The van der Waals surface area contributed by atoms with Crippen molar-refractivity contribution in [2.75, 3.05) is 17.7 Å². The Morgan fingerprint density at radius 3 is 2.44 bits per heavy atom. The second-order valence-corrected chi connectivity index (χ2v) is 8.76. The molecule has 0 spiro atoms. The van der Waals surface area contributed by atoms with E-state index in [1.165, 1.54) is 25.1 Å². The van der Waals surface area contributed by atoms with Crippen LogP contribution in [0.15, 0.2) is 30.3 Å². The number of carboxylic acids is 1. The molecular weight excluding hydrogens is 427 g/mol. The normalized spacial score (nSPS) is 12.4. The summed E-state index contributed by atoms with van der Waals surface area (Å²) in [6, 6.07) is 9.39. The van der Waals surface area contributed by atoms with E-state index in [4.69, 9.17) is 4.74 Å². The van der Waals surface area contributed by atoms with Gasteiger partial charge in [0.05, 0.1) is 31.5 Å². The molecule has 1 N–H and O–H groups in total. The number of carbonyl (C=O) groups is 1. The highest BCUT2D eigenvalue weighted by Crippen LogP contribution is 2.52. The highest BCUT2D eigenvalue weighted by molar-refractivity contribution is 7.99. The van der Waals surface area contributed by atoms with Crippen LogP contribution in [0.1, 0.15) is 27.9 Å². The third-order valence-corrected chi connectivity index (χ3v) is 6.78. The van der Waals surface area contributed by atoms with Gasteiger partial charge in [0.25, 0.3) is 0 Å². The minimum atomic E-state index is -0.881. The van der Waals surface area contributed by atoms with Crippen LogP contribution in [-0.4, -0.2) is 29.4 Å². The number of nitrogens with zero attached hydrogens (tertiary/aromatic N) is 2. The quantitative estimate of drug-likeness (QED) is 0.395. The van der Waals surface area contributed by atoms with Crippen LogP contribution >= 0.6 is 11.9 Å². The lowest BCUT2D eigenvalue weighted by molar-refractivity contribution is -0.136. The summed E-state index contributed by atoms with van der Waals surface area (Å²) in [6.07, 6.45) is 1.86. The molecule has 5 nitrogen and oxygen atoms in total. The molecule has 0 aliphatic carbocycles. The number of ether oxygens (including phenoxy) is 1. The van der Waals surface area contributed by atoms with E-state index in [1.807, 2.05) is 51.3 Å². The number of fused-ring (bicyclic) bond motifs is 3. The summed E-state index contributed by atoms with van der Waals surface area (Å²) in [7, 11) is 1.53. The topological polar surface area (TPSA) is 62.7 Å². The molecule has 0 radical (unpaired) electrons. The summed E-state index contributed by atoms with van der Waals surface area (Å²) in [5.74, 6) is -1.03. The predicted molar refractivity (Wildman–Crippen MR) is 127 cm³/mol. The second kappa shape index (κ2) is 8.47. The highest BCUT2D eigenvalue weighted by atomic mass is 32.2. The number of aryl methyl sites for hydroxylation is 1. The summed E-state index contributed by atoms with van der Waals surface area (Å²) < 4.78 is 21.9. The van der Waals surface area contributed by atoms with Gasteiger partial charge in [0.15, 0.2) is 0 Å². The first-order valence-electron chi connectivity index (χ1n) is 10.3. The fourth-order valence-electron chi connectivity index (χ4n) is 4.60. The molecule has 3 aromatic rings. The molecule has 0 amide bonds. The molecule has 166 valence electrons. The fraction of sp³-hybridized carbons (Fsp3) is 0.280. The lowest BCUT2D eigenvalue weighted by atomic mass is 9.81. The van der Waals surface area contributed by atoms with Gasteiger partial charge in [-0.3, -0.25) is 4.79 Å². The van der Waals surface area contributed by atoms with Gasteiger partial charge in [-0.2, -0.15) is 4.39 Å². The summed E-state index contributed by atoms with van der Waals surface area (Å²) in [4.78, 5) is 16.0. The Morgan fingerprint density at radius 1 is 1.16 bits per heavy atom. The zero-order valence-electron chi connectivity index (χ0n) is 18.7. The van der Waals surface area contributed by atoms with Gasteiger partial charge in [0.2, 0.25) is 5.95 Å². The van der Waals surface area contributed by atoms with E-state index in [-0.39, 0.29) is 6.42 Å². The standard InChI is InChI=1S/C25H25FN2O3S/c1-13-6-8-16(9-7-13)22-15(3)23-24-18(27-20(26)11-19(24)31-4)12-28(32-5)25(23)14(2)17(22)10-21(29)30/h6-9,11H,10,12H2,1-5H3,(H,29,30). The van der Waals surface area contributed by atoms with Crippen molar-refractivity contribution < 1.29 is 19.0 Å². The Balaban J connectivity index is 2.15. The number of hydrogen-bond donors (Lipinski definition) is 1. The fourth-order valence-corrected chi connectivity index (χ4v) is 5.26. The van der Waals surface area contributed by atoms with Crippen LogP contribution < -0.4 is 9.04 Å². The molecule has 0 bridgehead atoms. The third-order valence-electron chi connectivity index (χ3n) is 6.02. The van der Waals surface area contributed by atoms with Crippen molar-refractivity contribution in [2.45, 2.75) is 33.7 Å². The van der Waals surface area contributed by atoms with Crippen molar-refractivity contribution >= 4 is 23.6 Å². The van der Waals surface area contributed by atoms with Gasteiger partial charge in [-0.25, -0.2) is 4.98 Å². The maximum absolute atomic E-state index is 14.2. The van der Waals surface area contributed by atoms with E-state index in [1.54, 1.807) is 0 Å². The van der Waals surface area contributed by atoms with E-state index >= 15 is 0 Å². The second-order valence-electron chi connectivity index (χ2n) is 7.95. The van der Waals surface area contributed by atoms with Crippen LogP contribution in [0.25, 0.3) is 22.3 Å². The number of pyridine rings is 1. The highest BCUT2D eigenvalue weighted by Gasteiger charge is 2.33. The smallest absolute Gasteiger partial charge is 0.307 e. The van der Waals surface area contributed by atoms with Crippen LogP contribution in [0.5, 0.6) is 5.75 Å². The largest absolute Gasteiger partial charge is 0.496 e. The number of aromatic nitrogens is 1. The van der Waals surface area contributed by atoms with Gasteiger partial charge in [-0.1, -0.05) is 41.8 Å². The number of rotatable bonds is 5. The molecule has 7 heteroatoms. The number of carboxylic acid groups (broad SMARTS) is 1. The average molecular weight is 453 g/mol. The first-order valence-corrected chi connectivity index (χ1v) is 11.4. The number of halogens is 1. The van der Waals surface area contributed by atoms with Gasteiger partial charge in [0, 0.05) is 23.4 Å². The Kier molecular flexibility index (Phi) is 5.86. The first-order chi connectivity index (χ1) is 15.3. The molecule has 1 aliphatic rings. The molecule has 2 heterocycles. The average Bonchev–Trinajstić information content (AvgIpc) is 2.76. The molecule has 1 aromatic heterocycles. The van der Waals surface area contributed by atoms with Crippen molar-refractivity contribution in [3.63, 3.8) is 0 Å². The summed E-state index contributed by atoms with van der Waals surface area (Å²) in [5.41, 5.74) is 8.80. The molecule has 0 fully saturated rings. The Morgan fingerprint density at radius 2 is 1.84 bits per heavy atom. The van der Waals surface area contributed by atoms with Gasteiger partial charge < -0.3 is 14.1 Å².